The molecule has 0 radical (unpaired) electrons. The molecular formula is C12H12N2O3. The van der Waals surface area contributed by atoms with Crippen LogP contribution in [0.25, 0.3) is 0 Å². The fraction of sp³-hybridized carbons (Fsp3) is 0.167. The molecule has 1 aliphatic rings. The fourth-order valence-electron chi connectivity index (χ4n) is 1.64. The molecule has 1 aromatic rings. The molecule has 17 heavy (non-hydrogen) atoms. The third-order valence-electron chi connectivity index (χ3n) is 2.53. The van der Waals surface area contributed by atoms with E-state index < -0.39 is 5.97 Å². The third-order valence-corrected chi connectivity index (χ3v) is 2.53. The van der Waals surface area contributed by atoms with Gasteiger partial charge < -0.3 is 15.0 Å². The van der Waals surface area contributed by atoms with Crippen molar-refractivity contribution in [3.05, 3.63) is 36.0 Å². The van der Waals surface area contributed by atoms with Gasteiger partial charge in [-0.15, -0.1) is 0 Å². The van der Waals surface area contributed by atoms with E-state index in [1.54, 1.807) is 7.05 Å². The Kier molecular flexibility index (Phi) is 2.82. The van der Waals surface area contributed by atoms with Crippen LogP contribution in [0.15, 0.2) is 36.0 Å². The summed E-state index contributed by atoms with van der Waals surface area (Å²) >= 11 is 0. The largest absolute Gasteiger partial charge is 0.466 e. The molecule has 88 valence electrons. The summed E-state index contributed by atoms with van der Waals surface area (Å²) < 4.78 is 4.50. The Labute approximate surface area is 98.7 Å². The monoisotopic (exact) mass is 232 g/mol. The lowest BCUT2D eigenvalue weighted by molar-refractivity contribution is -0.135. The van der Waals surface area contributed by atoms with Crippen molar-refractivity contribution in [2.75, 3.05) is 24.4 Å². The predicted octanol–water partition coefficient (Wildman–Crippen LogP) is 1.13. The summed E-state index contributed by atoms with van der Waals surface area (Å²) in [5.41, 5.74) is 1.77. The number of carbonyl (C=O) groups is 2. The molecule has 0 atom stereocenters. The topological polar surface area (TPSA) is 58.6 Å². The Hall–Kier alpha value is -2.30. The number of fused-ring (bicyclic) bond motifs is 1. The van der Waals surface area contributed by atoms with Crippen molar-refractivity contribution < 1.29 is 14.3 Å². The van der Waals surface area contributed by atoms with Crippen LogP contribution in [0.3, 0.4) is 0 Å². The number of benzene rings is 1. The molecule has 2 rings (SSSR count). The predicted molar refractivity (Wildman–Crippen MR) is 63.6 cm³/mol. The molecule has 0 spiro atoms. The first-order valence-corrected chi connectivity index (χ1v) is 5.07. The van der Waals surface area contributed by atoms with Crippen LogP contribution < -0.4 is 10.2 Å². The average molecular weight is 232 g/mol. The molecule has 1 N–H and O–H groups in total. The second-order valence-electron chi connectivity index (χ2n) is 3.59. The van der Waals surface area contributed by atoms with Gasteiger partial charge in [-0.3, -0.25) is 4.79 Å². The lowest BCUT2D eigenvalue weighted by Gasteiger charge is -2.28. The van der Waals surface area contributed by atoms with Gasteiger partial charge in [0, 0.05) is 7.05 Å². The fourth-order valence-corrected chi connectivity index (χ4v) is 1.64. The van der Waals surface area contributed by atoms with Crippen LogP contribution in [-0.2, 0) is 14.3 Å². The normalized spacial score (nSPS) is 16.5. The zero-order valence-electron chi connectivity index (χ0n) is 9.56. The Morgan fingerprint density at radius 2 is 2.12 bits per heavy atom. The Morgan fingerprint density at radius 3 is 2.82 bits per heavy atom. The standard InChI is InChI=1S/C12H12N2O3/c1-14-10-6-4-3-5-8(10)13-9(12(14)16)7-11(15)17-2/h3-7,13H,1-2H3. The lowest BCUT2D eigenvalue weighted by Crippen LogP contribution is -2.35. The van der Waals surface area contributed by atoms with Crippen molar-refractivity contribution >= 4 is 23.3 Å². The zero-order chi connectivity index (χ0) is 12.4. The van der Waals surface area contributed by atoms with E-state index in [1.165, 1.54) is 12.0 Å². The number of methoxy groups -OCH3 is 1. The van der Waals surface area contributed by atoms with Gasteiger partial charge in [0.15, 0.2) is 0 Å². The molecule has 0 unspecified atom stereocenters. The van der Waals surface area contributed by atoms with Gasteiger partial charge in [0.1, 0.15) is 5.70 Å². The maximum absolute atomic E-state index is 11.9. The van der Waals surface area contributed by atoms with Crippen molar-refractivity contribution in [2.45, 2.75) is 0 Å². The number of para-hydroxylation sites is 2. The Balaban J connectivity index is 2.41. The number of hydrogen-bond acceptors (Lipinski definition) is 4. The number of carbonyl (C=O) groups excluding carboxylic acids is 2. The van der Waals surface area contributed by atoms with Crippen molar-refractivity contribution in [1.82, 2.24) is 0 Å². The van der Waals surface area contributed by atoms with Gasteiger partial charge in [-0.25, -0.2) is 4.79 Å². The Bertz CT molecular complexity index is 508. The summed E-state index contributed by atoms with van der Waals surface area (Å²) in [6.07, 6.45) is 1.15. The van der Waals surface area contributed by atoms with Crippen LogP contribution in [-0.4, -0.2) is 26.0 Å². The van der Waals surface area contributed by atoms with Gasteiger partial charge in [-0.05, 0) is 12.1 Å². The summed E-state index contributed by atoms with van der Waals surface area (Å²) in [6, 6.07) is 7.36. The number of ether oxygens (including phenoxy) is 1. The van der Waals surface area contributed by atoms with Crippen LogP contribution in [0.2, 0.25) is 0 Å². The van der Waals surface area contributed by atoms with Crippen LogP contribution >= 0.6 is 0 Å². The van der Waals surface area contributed by atoms with Gasteiger partial charge in [0.05, 0.1) is 24.6 Å². The SMILES string of the molecule is COC(=O)C=C1Nc2ccccc2N(C)C1=O. The Morgan fingerprint density at radius 1 is 1.41 bits per heavy atom. The zero-order valence-corrected chi connectivity index (χ0v) is 9.56. The second kappa shape index (κ2) is 4.29. The lowest BCUT2D eigenvalue weighted by atomic mass is 10.1. The summed E-state index contributed by atoms with van der Waals surface area (Å²) in [7, 11) is 2.93. The van der Waals surface area contributed by atoms with E-state index in [0.29, 0.717) is 0 Å². The minimum atomic E-state index is -0.561. The molecule has 1 aromatic carbocycles. The average Bonchev–Trinajstić information content (AvgIpc) is 2.35. The van der Waals surface area contributed by atoms with E-state index in [4.69, 9.17) is 0 Å². The maximum atomic E-state index is 11.9. The van der Waals surface area contributed by atoms with Crippen LogP contribution in [0, 0.1) is 0 Å². The third kappa shape index (κ3) is 1.99. The van der Waals surface area contributed by atoms with Crippen LogP contribution in [0.5, 0.6) is 0 Å². The maximum Gasteiger partial charge on any atom is 0.332 e. The van der Waals surface area contributed by atoms with Gasteiger partial charge in [-0.2, -0.15) is 0 Å². The minimum absolute atomic E-state index is 0.207. The highest BCUT2D eigenvalue weighted by Gasteiger charge is 2.25. The number of amides is 1. The van der Waals surface area contributed by atoms with E-state index in [0.717, 1.165) is 17.5 Å². The van der Waals surface area contributed by atoms with Gasteiger partial charge in [0.25, 0.3) is 5.91 Å². The first-order chi connectivity index (χ1) is 8.13. The van der Waals surface area contributed by atoms with E-state index in [-0.39, 0.29) is 11.6 Å². The van der Waals surface area contributed by atoms with Crippen molar-refractivity contribution in [3.63, 3.8) is 0 Å². The van der Waals surface area contributed by atoms with Crippen molar-refractivity contribution in [1.29, 1.82) is 0 Å². The van der Waals surface area contributed by atoms with Gasteiger partial charge in [-0.1, -0.05) is 12.1 Å². The molecule has 1 amide bonds. The number of rotatable bonds is 1. The molecule has 0 saturated heterocycles. The molecule has 5 nitrogen and oxygen atoms in total. The van der Waals surface area contributed by atoms with Crippen molar-refractivity contribution in [2.24, 2.45) is 0 Å². The molecule has 5 heteroatoms. The molecular weight excluding hydrogens is 220 g/mol. The van der Waals surface area contributed by atoms with E-state index in [1.807, 2.05) is 24.3 Å². The molecule has 1 heterocycles. The van der Waals surface area contributed by atoms with Crippen LogP contribution in [0.4, 0.5) is 11.4 Å². The number of nitrogens with one attached hydrogen (secondary N) is 1. The quantitative estimate of drug-likeness (QED) is 0.582. The van der Waals surface area contributed by atoms with Gasteiger partial charge in [0.2, 0.25) is 0 Å². The molecule has 1 aliphatic heterocycles. The van der Waals surface area contributed by atoms with Crippen LogP contribution in [0.1, 0.15) is 0 Å². The molecule has 0 aliphatic carbocycles. The summed E-state index contributed by atoms with van der Waals surface area (Å²) in [5, 5.41) is 2.91. The number of nitrogens with zero attached hydrogens (tertiary/aromatic N) is 1. The van der Waals surface area contributed by atoms with E-state index >= 15 is 0 Å². The first kappa shape index (κ1) is 11.2. The minimum Gasteiger partial charge on any atom is -0.466 e. The summed E-state index contributed by atoms with van der Waals surface area (Å²) in [6.45, 7) is 0. The summed E-state index contributed by atoms with van der Waals surface area (Å²) in [4.78, 5) is 24.5. The summed E-state index contributed by atoms with van der Waals surface area (Å²) in [5.74, 6) is -0.831. The van der Waals surface area contributed by atoms with Crippen molar-refractivity contribution in [3.8, 4) is 0 Å². The molecule has 0 fully saturated rings. The smallest absolute Gasteiger partial charge is 0.332 e. The number of likely N-dealkylation sites (N-methyl/N-ethyl adjacent to an activating group) is 1. The number of hydrogen-bond donors (Lipinski definition) is 1. The second-order valence-corrected chi connectivity index (χ2v) is 3.59. The van der Waals surface area contributed by atoms with E-state index in [9.17, 15) is 9.59 Å². The number of anilines is 2. The highest BCUT2D eigenvalue weighted by molar-refractivity contribution is 6.14. The number of esters is 1. The molecule has 0 saturated carbocycles. The first-order valence-electron chi connectivity index (χ1n) is 5.07. The molecule has 0 aromatic heterocycles. The molecule has 0 bridgehead atoms. The van der Waals surface area contributed by atoms with Gasteiger partial charge >= 0.3 is 5.97 Å². The van der Waals surface area contributed by atoms with E-state index in [2.05, 4.69) is 10.1 Å². The highest BCUT2D eigenvalue weighted by atomic mass is 16.5. The highest BCUT2D eigenvalue weighted by Crippen LogP contribution is 2.30.